The number of amides is 1. The minimum Gasteiger partial charge on any atom is -0.444 e. The first-order valence-corrected chi connectivity index (χ1v) is 5.08. The molecule has 1 aromatic rings. The van der Waals surface area contributed by atoms with E-state index in [0.717, 1.165) is 5.76 Å². The SMILES string of the molecule is Cc1cnc(C(C)N2CCC(N)C2=O)o1. The molecule has 0 saturated carbocycles. The lowest BCUT2D eigenvalue weighted by atomic mass is 10.3. The second kappa shape index (κ2) is 3.66. The van der Waals surface area contributed by atoms with E-state index in [9.17, 15) is 4.79 Å². The molecule has 0 radical (unpaired) electrons. The Hall–Kier alpha value is -1.36. The molecular formula is C10H15N3O2. The Morgan fingerprint density at radius 2 is 2.47 bits per heavy atom. The first-order valence-electron chi connectivity index (χ1n) is 5.08. The van der Waals surface area contributed by atoms with Crippen molar-refractivity contribution in [3.63, 3.8) is 0 Å². The zero-order valence-electron chi connectivity index (χ0n) is 8.93. The zero-order chi connectivity index (χ0) is 11.0. The van der Waals surface area contributed by atoms with E-state index in [-0.39, 0.29) is 18.0 Å². The Morgan fingerprint density at radius 3 is 2.93 bits per heavy atom. The summed E-state index contributed by atoms with van der Waals surface area (Å²) in [4.78, 5) is 17.5. The summed E-state index contributed by atoms with van der Waals surface area (Å²) in [7, 11) is 0. The van der Waals surface area contributed by atoms with Crippen molar-refractivity contribution in [2.75, 3.05) is 6.54 Å². The van der Waals surface area contributed by atoms with E-state index < -0.39 is 0 Å². The molecule has 0 spiro atoms. The summed E-state index contributed by atoms with van der Waals surface area (Å²) < 4.78 is 5.40. The molecule has 0 aromatic carbocycles. The smallest absolute Gasteiger partial charge is 0.240 e. The van der Waals surface area contributed by atoms with Crippen LogP contribution in [0.15, 0.2) is 10.6 Å². The molecule has 1 fully saturated rings. The maximum atomic E-state index is 11.7. The van der Waals surface area contributed by atoms with E-state index in [1.54, 1.807) is 11.1 Å². The van der Waals surface area contributed by atoms with Gasteiger partial charge in [0.25, 0.3) is 0 Å². The molecule has 2 atom stereocenters. The van der Waals surface area contributed by atoms with Crippen molar-refractivity contribution >= 4 is 5.91 Å². The highest BCUT2D eigenvalue weighted by atomic mass is 16.4. The minimum atomic E-state index is -0.358. The van der Waals surface area contributed by atoms with Crippen molar-refractivity contribution in [1.29, 1.82) is 0 Å². The summed E-state index contributed by atoms with van der Waals surface area (Å²) in [5.41, 5.74) is 5.65. The van der Waals surface area contributed by atoms with E-state index >= 15 is 0 Å². The molecule has 82 valence electrons. The van der Waals surface area contributed by atoms with Crippen molar-refractivity contribution in [3.8, 4) is 0 Å². The average molecular weight is 209 g/mol. The largest absolute Gasteiger partial charge is 0.444 e. The Kier molecular flexibility index (Phi) is 2.48. The average Bonchev–Trinajstić information content (AvgIpc) is 2.75. The highest BCUT2D eigenvalue weighted by molar-refractivity contribution is 5.83. The molecule has 2 unspecified atom stereocenters. The molecule has 1 aliphatic rings. The highest BCUT2D eigenvalue weighted by Gasteiger charge is 2.33. The molecule has 5 heteroatoms. The number of likely N-dealkylation sites (tertiary alicyclic amines) is 1. The van der Waals surface area contributed by atoms with Gasteiger partial charge in [-0.15, -0.1) is 0 Å². The standard InChI is InChI=1S/C10H15N3O2/c1-6-5-12-9(15-6)7(2)13-4-3-8(11)10(13)14/h5,7-8H,3-4,11H2,1-2H3. The fourth-order valence-electron chi connectivity index (χ4n) is 1.81. The number of oxazole rings is 1. The molecule has 1 aliphatic heterocycles. The van der Waals surface area contributed by atoms with Gasteiger partial charge in [-0.1, -0.05) is 0 Å². The van der Waals surface area contributed by atoms with Crippen LogP contribution in [0.3, 0.4) is 0 Å². The van der Waals surface area contributed by atoms with Crippen LogP contribution in [0.4, 0.5) is 0 Å². The molecule has 1 saturated heterocycles. The molecule has 0 bridgehead atoms. The van der Waals surface area contributed by atoms with E-state index in [1.165, 1.54) is 0 Å². The lowest BCUT2D eigenvalue weighted by Crippen LogP contribution is -2.35. The molecule has 1 amide bonds. The van der Waals surface area contributed by atoms with Gasteiger partial charge in [-0.2, -0.15) is 0 Å². The summed E-state index contributed by atoms with van der Waals surface area (Å²) in [6.07, 6.45) is 2.37. The lowest BCUT2D eigenvalue weighted by Gasteiger charge is -2.21. The normalized spacial score (nSPS) is 23.5. The van der Waals surface area contributed by atoms with Crippen LogP contribution in [-0.4, -0.2) is 28.4 Å². The van der Waals surface area contributed by atoms with Gasteiger partial charge >= 0.3 is 0 Å². The third kappa shape index (κ3) is 1.74. The van der Waals surface area contributed by atoms with Gasteiger partial charge in [0.2, 0.25) is 11.8 Å². The number of carbonyl (C=O) groups is 1. The number of rotatable bonds is 2. The van der Waals surface area contributed by atoms with Crippen molar-refractivity contribution in [1.82, 2.24) is 9.88 Å². The van der Waals surface area contributed by atoms with Gasteiger partial charge in [-0.05, 0) is 20.3 Å². The second-order valence-corrected chi connectivity index (χ2v) is 3.91. The molecule has 2 N–H and O–H groups in total. The van der Waals surface area contributed by atoms with Gasteiger partial charge in [0, 0.05) is 6.54 Å². The topological polar surface area (TPSA) is 72.4 Å². The Bertz CT molecular complexity index is 374. The molecular weight excluding hydrogens is 194 g/mol. The Balaban J connectivity index is 2.15. The van der Waals surface area contributed by atoms with Gasteiger partial charge in [0.15, 0.2) is 0 Å². The highest BCUT2D eigenvalue weighted by Crippen LogP contribution is 2.24. The van der Waals surface area contributed by atoms with Crippen LogP contribution in [-0.2, 0) is 4.79 Å². The summed E-state index contributed by atoms with van der Waals surface area (Å²) >= 11 is 0. The molecule has 5 nitrogen and oxygen atoms in total. The minimum absolute atomic E-state index is 0.0154. The monoisotopic (exact) mass is 209 g/mol. The van der Waals surface area contributed by atoms with Crippen molar-refractivity contribution in [2.24, 2.45) is 5.73 Å². The van der Waals surface area contributed by atoms with Crippen LogP contribution in [0, 0.1) is 6.92 Å². The molecule has 2 rings (SSSR count). The maximum absolute atomic E-state index is 11.7. The summed E-state index contributed by atoms with van der Waals surface area (Å²) in [5, 5.41) is 0. The number of nitrogens with two attached hydrogens (primary N) is 1. The number of carbonyl (C=O) groups excluding carboxylic acids is 1. The number of aryl methyl sites for hydroxylation is 1. The summed E-state index contributed by atoms with van der Waals surface area (Å²) in [6.45, 7) is 4.42. The number of nitrogens with zero attached hydrogens (tertiary/aromatic N) is 2. The molecule has 2 heterocycles. The van der Waals surface area contributed by atoms with Crippen molar-refractivity contribution in [3.05, 3.63) is 17.8 Å². The predicted octanol–water partition coefficient (Wildman–Crippen LogP) is 0.604. The lowest BCUT2D eigenvalue weighted by molar-refractivity contribution is -0.130. The first-order chi connectivity index (χ1) is 7.09. The number of hydrogen-bond acceptors (Lipinski definition) is 4. The quantitative estimate of drug-likeness (QED) is 0.774. The van der Waals surface area contributed by atoms with Crippen LogP contribution in [0.2, 0.25) is 0 Å². The number of aromatic nitrogens is 1. The Labute approximate surface area is 88.3 Å². The second-order valence-electron chi connectivity index (χ2n) is 3.91. The maximum Gasteiger partial charge on any atom is 0.240 e. The zero-order valence-corrected chi connectivity index (χ0v) is 8.93. The van der Waals surface area contributed by atoms with Gasteiger partial charge in [0.05, 0.1) is 12.2 Å². The number of hydrogen-bond donors (Lipinski definition) is 1. The van der Waals surface area contributed by atoms with Gasteiger partial charge < -0.3 is 15.1 Å². The van der Waals surface area contributed by atoms with Gasteiger partial charge in [0.1, 0.15) is 11.8 Å². The van der Waals surface area contributed by atoms with Crippen LogP contribution >= 0.6 is 0 Å². The van der Waals surface area contributed by atoms with Crippen LogP contribution in [0.25, 0.3) is 0 Å². The third-order valence-corrected chi connectivity index (χ3v) is 2.75. The van der Waals surface area contributed by atoms with Gasteiger partial charge in [-0.3, -0.25) is 4.79 Å². The molecule has 15 heavy (non-hydrogen) atoms. The van der Waals surface area contributed by atoms with E-state index in [2.05, 4.69) is 4.98 Å². The summed E-state index contributed by atoms with van der Waals surface area (Å²) in [6, 6.07) is -0.483. The van der Waals surface area contributed by atoms with Crippen LogP contribution in [0.5, 0.6) is 0 Å². The van der Waals surface area contributed by atoms with Crippen LogP contribution in [0.1, 0.15) is 31.0 Å². The van der Waals surface area contributed by atoms with E-state index in [0.29, 0.717) is 18.9 Å². The molecule has 1 aromatic heterocycles. The fourth-order valence-corrected chi connectivity index (χ4v) is 1.81. The first kappa shape index (κ1) is 10.2. The van der Waals surface area contributed by atoms with Crippen molar-refractivity contribution in [2.45, 2.75) is 32.4 Å². The molecule has 0 aliphatic carbocycles. The fraction of sp³-hybridized carbons (Fsp3) is 0.600. The van der Waals surface area contributed by atoms with Gasteiger partial charge in [-0.25, -0.2) is 4.98 Å². The summed E-state index contributed by atoms with van der Waals surface area (Å²) in [5.74, 6) is 1.32. The third-order valence-electron chi connectivity index (χ3n) is 2.75. The Morgan fingerprint density at radius 1 is 1.73 bits per heavy atom. The van der Waals surface area contributed by atoms with Crippen LogP contribution < -0.4 is 5.73 Å². The predicted molar refractivity (Wildman–Crippen MR) is 54.0 cm³/mol. The van der Waals surface area contributed by atoms with Crippen molar-refractivity contribution < 1.29 is 9.21 Å². The van der Waals surface area contributed by atoms with E-state index in [1.807, 2.05) is 13.8 Å². The van der Waals surface area contributed by atoms with E-state index in [4.69, 9.17) is 10.2 Å².